The summed E-state index contributed by atoms with van der Waals surface area (Å²) in [6, 6.07) is 4.04. The zero-order valence-corrected chi connectivity index (χ0v) is 17.1. The Morgan fingerprint density at radius 1 is 1.11 bits per heavy atom. The summed E-state index contributed by atoms with van der Waals surface area (Å²) in [5, 5.41) is 2.97. The number of benzene rings is 1. The van der Waals surface area contributed by atoms with Gasteiger partial charge in [-0.3, -0.25) is 4.79 Å². The Morgan fingerprint density at radius 2 is 1.85 bits per heavy atom. The summed E-state index contributed by atoms with van der Waals surface area (Å²) in [4.78, 5) is 12.0. The molecule has 0 aliphatic heterocycles. The lowest BCUT2D eigenvalue weighted by Gasteiger charge is -2.17. The summed E-state index contributed by atoms with van der Waals surface area (Å²) in [7, 11) is 3.30. The maximum atomic E-state index is 12.0. The van der Waals surface area contributed by atoms with E-state index >= 15 is 0 Å². The fourth-order valence-corrected chi connectivity index (χ4v) is 3.28. The standard InChI is InChI=1S/C23H33NO3/c1-17(2)8-6-5-7-13-24-23(25)12-10-18-9-11-19-15-21(26-3)22(27-4)16-20(19)14-18/h10,12,14-17H,5-9,11,13H2,1-4H3,(H,24,25). The summed E-state index contributed by atoms with van der Waals surface area (Å²) in [5.41, 5.74) is 3.53. The van der Waals surface area contributed by atoms with Gasteiger partial charge in [0.2, 0.25) is 5.91 Å². The Balaban J connectivity index is 1.85. The number of fused-ring (bicyclic) bond motifs is 1. The summed E-state index contributed by atoms with van der Waals surface area (Å²) >= 11 is 0. The number of allylic oxidation sites excluding steroid dienone is 2. The topological polar surface area (TPSA) is 47.6 Å². The van der Waals surface area contributed by atoms with Crippen molar-refractivity contribution in [2.45, 2.75) is 52.4 Å². The van der Waals surface area contributed by atoms with Crippen molar-refractivity contribution >= 4 is 12.0 Å². The number of carbonyl (C=O) groups excluding carboxylic acids is 1. The van der Waals surface area contributed by atoms with Gasteiger partial charge in [0.05, 0.1) is 14.2 Å². The predicted molar refractivity (Wildman–Crippen MR) is 111 cm³/mol. The van der Waals surface area contributed by atoms with Gasteiger partial charge in [-0.05, 0) is 54.0 Å². The molecule has 0 fully saturated rings. The van der Waals surface area contributed by atoms with Crippen LogP contribution in [0.25, 0.3) is 6.08 Å². The maximum Gasteiger partial charge on any atom is 0.243 e. The van der Waals surface area contributed by atoms with E-state index in [4.69, 9.17) is 9.47 Å². The fraction of sp³-hybridized carbons (Fsp3) is 0.522. The second kappa shape index (κ2) is 10.8. The molecule has 1 N–H and O–H groups in total. The third-order valence-corrected chi connectivity index (χ3v) is 4.88. The normalized spacial score (nSPS) is 13.4. The van der Waals surface area contributed by atoms with Crippen LogP contribution in [0, 0.1) is 5.92 Å². The van der Waals surface area contributed by atoms with E-state index in [1.165, 1.54) is 24.8 Å². The molecule has 0 radical (unpaired) electrons. The van der Waals surface area contributed by atoms with Crippen molar-refractivity contribution in [3.8, 4) is 11.5 Å². The molecule has 0 unspecified atom stereocenters. The summed E-state index contributed by atoms with van der Waals surface area (Å²) < 4.78 is 10.8. The number of aryl methyl sites for hydroxylation is 1. The van der Waals surface area contributed by atoms with Crippen molar-refractivity contribution in [3.63, 3.8) is 0 Å². The maximum absolute atomic E-state index is 12.0. The third-order valence-electron chi connectivity index (χ3n) is 4.88. The lowest BCUT2D eigenvalue weighted by Crippen LogP contribution is -2.22. The average molecular weight is 372 g/mol. The quantitative estimate of drug-likeness (QED) is 0.469. The molecule has 0 atom stereocenters. The highest BCUT2D eigenvalue weighted by Crippen LogP contribution is 2.35. The summed E-state index contributed by atoms with van der Waals surface area (Å²) in [6.07, 6.45) is 12.3. The molecule has 2 rings (SSSR count). The molecule has 1 aromatic carbocycles. The Hall–Kier alpha value is -2.23. The van der Waals surface area contributed by atoms with E-state index in [-0.39, 0.29) is 5.91 Å². The molecule has 1 aliphatic rings. The Labute approximate surface area is 163 Å². The fourth-order valence-electron chi connectivity index (χ4n) is 3.28. The van der Waals surface area contributed by atoms with Crippen LogP contribution in [0.5, 0.6) is 11.5 Å². The molecule has 27 heavy (non-hydrogen) atoms. The molecule has 148 valence electrons. The number of ether oxygens (including phenoxy) is 2. The monoisotopic (exact) mass is 371 g/mol. The number of nitrogens with one attached hydrogen (secondary N) is 1. The van der Waals surface area contributed by atoms with Crippen molar-refractivity contribution in [1.82, 2.24) is 5.32 Å². The Bertz CT molecular complexity index is 689. The van der Waals surface area contributed by atoms with Gasteiger partial charge in [0.15, 0.2) is 11.5 Å². The Morgan fingerprint density at radius 3 is 2.56 bits per heavy atom. The first-order chi connectivity index (χ1) is 13.0. The van der Waals surface area contributed by atoms with E-state index in [9.17, 15) is 4.79 Å². The van der Waals surface area contributed by atoms with Gasteiger partial charge in [0.25, 0.3) is 0 Å². The minimum atomic E-state index is -0.0159. The third kappa shape index (κ3) is 6.78. The number of carbonyl (C=O) groups is 1. The van der Waals surface area contributed by atoms with Gasteiger partial charge in [0.1, 0.15) is 0 Å². The van der Waals surface area contributed by atoms with Gasteiger partial charge < -0.3 is 14.8 Å². The average Bonchev–Trinajstić information content (AvgIpc) is 2.67. The summed E-state index contributed by atoms with van der Waals surface area (Å²) in [6.45, 7) is 5.25. The van der Waals surface area contributed by atoms with E-state index in [2.05, 4.69) is 25.2 Å². The highest BCUT2D eigenvalue weighted by molar-refractivity contribution is 5.88. The van der Waals surface area contributed by atoms with Crippen molar-refractivity contribution in [3.05, 3.63) is 41.0 Å². The van der Waals surface area contributed by atoms with Crippen molar-refractivity contribution in [2.24, 2.45) is 5.92 Å². The summed E-state index contributed by atoms with van der Waals surface area (Å²) in [5.74, 6) is 2.24. The molecule has 4 nitrogen and oxygen atoms in total. The largest absolute Gasteiger partial charge is 0.493 e. The van der Waals surface area contributed by atoms with E-state index in [1.807, 2.05) is 18.2 Å². The first kappa shape index (κ1) is 21.1. The number of unbranched alkanes of at least 4 members (excludes halogenated alkanes) is 2. The van der Waals surface area contributed by atoms with E-state index < -0.39 is 0 Å². The lowest BCUT2D eigenvalue weighted by molar-refractivity contribution is -0.116. The number of methoxy groups -OCH3 is 2. The second-order valence-corrected chi connectivity index (χ2v) is 7.49. The van der Waals surface area contributed by atoms with Crippen molar-refractivity contribution < 1.29 is 14.3 Å². The molecule has 0 saturated heterocycles. The number of hydrogen-bond acceptors (Lipinski definition) is 3. The SMILES string of the molecule is COc1cc2c(cc1OC)CCC(C=CC(=O)NCCCCCC(C)C)=C2. The molecular formula is C23H33NO3. The molecule has 0 spiro atoms. The minimum Gasteiger partial charge on any atom is -0.493 e. The first-order valence-corrected chi connectivity index (χ1v) is 9.95. The first-order valence-electron chi connectivity index (χ1n) is 9.95. The second-order valence-electron chi connectivity index (χ2n) is 7.49. The van der Waals surface area contributed by atoms with Crippen molar-refractivity contribution in [1.29, 1.82) is 0 Å². The van der Waals surface area contributed by atoms with Crippen LogP contribution in [0.2, 0.25) is 0 Å². The molecule has 0 heterocycles. The molecule has 1 aliphatic carbocycles. The number of hydrogen-bond donors (Lipinski definition) is 1. The van der Waals surface area contributed by atoms with Gasteiger partial charge >= 0.3 is 0 Å². The molecule has 0 bridgehead atoms. The van der Waals surface area contributed by atoms with Crippen LogP contribution in [0.15, 0.2) is 29.9 Å². The van der Waals surface area contributed by atoms with Crippen LogP contribution < -0.4 is 14.8 Å². The molecule has 1 amide bonds. The highest BCUT2D eigenvalue weighted by Gasteiger charge is 2.14. The molecular weight excluding hydrogens is 338 g/mol. The molecule has 4 heteroatoms. The van der Waals surface area contributed by atoms with Crippen LogP contribution in [0.1, 0.15) is 57.1 Å². The van der Waals surface area contributed by atoms with Gasteiger partial charge in [-0.1, -0.05) is 45.3 Å². The van der Waals surface area contributed by atoms with Gasteiger partial charge in [-0.25, -0.2) is 0 Å². The minimum absolute atomic E-state index is 0.0159. The molecule has 0 aromatic heterocycles. The van der Waals surface area contributed by atoms with Gasteiger partial charge in [-0.2, -0.15) is 0 Å². The van der Waals surface area contributed by atoms with Crippen LogP contribution in [0.4, 0.5) is 0 Å². The zero-order chi connectivity index (χ0) is 19.6. The molecule has 1 aromatic rings. The van der Waals surface area contributed by atoms with Crippen LogP contribution in [-0.4, -0.2) is 26.7 Å². The van der Waals surface area contributed by atoms with E-state index in [0.717, 1.165) is 54.4 Å². The van der Waals surface area contributed by atoms with Gasteiger partial charge in [0, 0.05) is 12.6 Å². The van der Waals surface area contributed by atoms with Crippen LogP contribution in [-0.2, 0) is 11.2 Å². The van der Waals surface area contributed by atoms with Crippen LogP contribution >= 0.6 is 0 Å². The van der Waals surface area contributed by atoms with E-state index in [1.54, 1.807) is 20.3 Å². The Kier molecular flexibility index (Phi) is 8.43. The zero-order valence-electron chi connectivity index (χ0n) is 17.1. The van der Waals surface area contributed by atoms with Crippen molar-refractivity contribution in [2.75, 3.05) is 20.8 Å². The highest BCUT2D eigenvalue weighted by atomic mass is 16.5. The smallest absolute Gasteiger partial charge is 0.243 e. The van der Waals surface area contributed by atoms with E-state index in [0.29, 0.717) is 0 Å². The molecule has 0 saturated carbocycles. The number of amides is 1. The lowest BCUT2D eigenvalue weighted by atomic mass is 9.91. The number of rotatable bonds is 10. The van der Waals surface area contributed by atoms with Crippen LogP contribution in [0.3, 0.4) is 0 Å². The predicted octanol–water partition coefficient (Wildman–Crippen LogP) is 4.92. The van der Waals surface area contributed by atoms with Gasteiger partial charge in [-0.15, -0.1) is 0 Å².